The smallest absolute Gasteiger partial charge is 0.149 e. The quantitative estimate of drug-likeness (QED) is 0.548. The summed E-state index contributed by atoms with van der Waals surface area (Å²) in [6, 6.07) is 0. The van der Waals surface area contributed by atoms with Crippen molar-refractivity contribution in [2.75, 3.05) is 39.3 Å². The summed E-state index contributed by atoms with van der Waals surface area (Å²) in [5.74, 6) is 1.26. The van der Waals surface area contributed by atoms with Gasteiger partial charge in [0.05, 0.1) is 6.54 Å². The summed E-state index contributed by atoms with van der Waals surface area (Å²) in [5, 5.41) is 0. The molecule has 0 aliphatic carbocycles. The first kappa shape index (κ1) is 25.6. The summed E-state index contributed by atoms with van der Waals surface area (Å²) in [6.07, 6.45) is 2.54. The Morgan fingerprint density at radius 3 is 1.77 bits per heavy atom. The molecule has 3 nitrogen and oxygen atoms in total. The Morgan fingerprint density at radius 1 is 0.885 bits per heavy atom. The fourth-order valence-electron chi connectivity index (χ4n) is 3.56. The number of carbonyl (C=O) groups is 1. The third-order valence-corrected chi connectivity index (χ3v) is 6.09. The topological polar surface area (TPSA) is 23.6 Å². The van der Waals surface area contributed by atoms with Crippen LogP contribution in [0.3, 0.4) is 0 Å². The molecule has 0 spiro atoms. The predicted octanol–water partition coefficient (Wildman–Crippen LogP) is 5.34. The molecule has 0 N–H and O–H groups in total. The molecule has 1 rings (SSSR count). The second-order valence-corrected chi connectivity index (χ2v) is 9.97. The Morgan fingerprint density at radius 2 is 1.35 bits per heavy atom. The highest BCUT2D eigenvalue weighted by molar-refractivity contribution is 5.82. The molecule has 1 saturated heterocycles. The van der Waals surface area contributed by atoms with E-state index < -0.39 is 0 Å². The molecule has 0 bridgehead atoms. The van der Waals surface area contributed by atoms with Crippen LogP contribution in [0, 0.1) is 22.7 Å². The number of hydrogen-bond donors (Lipinski definition) is 0. The summed E-state index contributed by atoms with van der Waals surface area (Å²) in [4.78, 5) is 16.8. The Labute approximate surface area is 164 Å². The van der Waals surface area contributed by atoms with E-state index in [0.717, 1.165) is 32.1 Å². The minimum Gasteiger partial charge on any atom is -0.301 e. The zero-order valence-electron chi connectivity index (χ0n) is 19.6. The summed E-state index contributed by atoms with van der Waals surface area (Å²) < 4.78 is 0. The van der Waals surface area contributed by atoms with Crippen LogP contribution in [-0.2, 0) is 4.79 Å². The van der Waals surface area contributed by atoms with Gasteiger partial charge in [-0.15, -0.1) is 0 Å². The van der Waals surface area contributed by atoms with E-state index in [9.17, 15) is 4.79 Å². The number of ketones is 1. The zero-order valence-corrected chi connectivity index (χ0v) is 19.6. The minimum atomic E-state index is 0.160. The lowest BCUT2D eigenvalue weighted by molar-refractivity contribution is -0.123. The average Bonchev–Trinajstić information content (AvgIpc) is 2.55. The van der Waals surface area contributed by atoms with Crippen LogP contribution in [0.1, 0.15) is 82.1 Å². The first-order valence-electron chi connectivity index (χ1n) is 10.9. The van der Waals surface area contributed by atoms with Crippen LogP contribution in [-0.4, -0.2) is 54.9 Å². The Kier molecular flexibility index (Phi) is 11.3. The van der Waals surface area contributed by atoms with E-state index in [1.165, 1.54) is 19.4 Å². The molecule has 0 aromatic carbocycles. The standard InChI is InChI=1S/C21H42N2O.C2H6/c1-17(2)19(24)15-23-13-11-22(12-14-23)10-9-20(5,6)16-21(7,8)18(3)4;1-2/h17-18H,9-16H2,1-8H3;1-2H3. The van der Waals surface area contributed by atoms with Gasteiger partial charge in [-0.2, -0.15) is 0 Å². The van der Waals surface area contributed by atoms with Gasteiger partial charge in [0, 0.05) is 32.1 Å². The van der Waals surface area contributed by atoms with E-state index in [0.29, 0.717) is 23.2 Å². The van der Waals surface area contributed by atoms with E-state index in [1.807, 2.05) is 27.7 Å². The van der Waals surface area contributed by atoms with Crippen LogP contribution in [0.15, 0.2) is 0 Å². The molecular formula is C23H48N2O. The van der Waals surface area contributed by atoms with Crippen molar-refractivity contribution in [3.8, 4) is 0 Å². The third-order valence-electron chi connectivity index (χ3n) is 6.09. The van der Waals surface area contributed by atoms with Gasteiger partial charge in [-0.3, -0.25) is 9.69 Å². The Balaban J connectivity index is 0.00000301. The van der Waals surface area contributed by atoms with Crippen molar-refractivity contribution in [1.82, 2.24) is 9.80 Å². The molecule has 0 saturated carbocycles. The first-order chi connectivity index (χ1) is 11.9. The molecule has 0 unspecified atom stereocenters. The molecule has 0 amide bonds. The number of nitrogens with zero attached hydrogens (tertiary/aromatic N) is 2. The van der Waals surface area contributed by atoms with E-state index in [-0.39, 0.29) is 5.92 Å². The van der Waals surface area contributed by atoms with Gasteiger partial charge in [-0.05, 0) is 36.1 Å². The Bertz CT molecular complexity index is 391. The normalized spacial score (nSPS) is 17.4. The van der Waals surface area contributed by atoms with Crippen LogP contribution >= 0.6 is 0 Å². The van der Waals surface area contributed by atoms with Crippen molar-refractivity contribution in [1.29, 1.82) is 0 Å². The van der Waals surface area contributed by atoms with Crippen molar-refractivity contribution in [3.05, 3.63) is 0 Å². The highest BCUT2D eigenvalue weighted by Crippen LogP contribution is 2.40. The number of carbonyl (C=O) groups excluding carboxylic acids is 1. The van der Waals surface area contributed by atoms with Gasteiger partial charge in [-0.1, -0.05) is 69.2 Å². The highest BCUT2D eigenvalue weighted by atomic mass is 16.1. The van der Waals surface area contributed by atoms with Crippen molar-refractivity contribution < 1.29 is 4.79 Å². The Hall–Kier alpha value is -0.410. The highest BCUT2D eigenvalue weighted by Gasteiger charge is 2.31. The summed E-state index contributed by atoms with van der Waals surface area (Å²) in [6.45, 7) is 28.5. The van der Waals surface area contributed by atoms with Crippen LogP contribution in [0.5, 0.6) is 0 Å². The van der Waals surface area contributed by atoms with Crippen molar-refractivity contribution >= 4 is 5.78 Å². The molecular weight excluding hydrogens is 320 g/mol. The summed E-state index contributed by atoms with van der Waals surface area (Å²) in [5.41, 5.74) is 0.790. The second kappa shape index (κ2) is 11.4. The SMILES string of the molecule is CC.CC(C)C(=O)CN1CCN(CCC(C)(C)CC(C)(C)C(C)C)CC1. The lowest BCUT2D eigenvalue weighted by Crippen LogP contribution is -2.49. The molecule has 1 aliphatic heterocycles. The van der Waals surface area contributed by atoms with E-state index in [1.54, 1.807) is 0 Å². The molecule has 1 heterocycles. The number of rotatable bonds is 9. The fraction of sp³-hybridized carbons (Fsp3) is 0.957. The van der Waals surface area contributed by atoms with Crippen molar-refractivity contribution in [2.45, 2.75) is 82.1 Å². The van der Waals surface area contributed by atoms with Crippen LogP contribution in [0.2, 0.25) is 0 Å². The van der Waals surface area contributed by atoms with Gasteiger partial charge >= 0.3 is 0 Å². The van der Waals surface area contributed by atoms with Crippen LogP contribution < -0.4 is 0 Å². The fourth-order valence-corrected chi connectivity index (χ4v) is 3.56. The molecule has 156 valence electrons. The minimum absolute atomic E-state index is 0.160. The largest absolute Gasteiger partial charge is 0.301 e. The van der Waals surface area contributed by atoms with Gasteiger partial charge < -0.3 is 4.90 Å². The van der Waals surface area contributed by atoms with Crippen molar-refractivity contribution in [3.63, 3.8) is 0 Å². The molecule has 1 fully saturated rings. The zero-order chi connectivity index (χ0) is 20.5. The van der Waals surface area contributed by atoms with Crippen LogP contribution in [0.25, 0.3) is 0 Å². The summed E-state index contributed by atoms with van der Waals surface area (Å²) in [7, 11) is 0. The van der Waals surface area contributed by atoms with Gasteiger partial charge in [-0.25, -0.2) is 0 Å². The van der Waals surface area contributed by atoms with Gasteiger partial charge in [0.1, 0.15) is 5.78 Å². The molecule has 0 aromatic heterocycles. The molecule has 1 aliphatic rings. The van der Waals surface area contributed by atoms with E-state index in [2.05, 4.69) is 51.3 Å². The second-order valence-electron chi connectivity index (χ2n) is 9.97. The number of hydrogen-bond acceptors (Lipinski definition) is 3. The van der Waals surface area contributed by atoms with Gasteiger partial charge in [0.25, 0.3) is 0 Å². The number of piperazine rings is 1. The molecule has 0 atom stereocenters. The number of Topliss-reactive ketones (excluding diaryl/α,β-unsaturated/α-hetero) is 1. The maximum Gasteiger partial charge on any atom is 0.149 e. The molecule has 26 heavy (non-hydrogen) atoms. The first-order valence-corrected chi connectivity index (χ1v) is 10.9. The van der Waals surface area contributed by atoms with Crippen LogP contribution in [0.4, 0.5) is 0 Å². The van der Waals surface area contributed by atoms with E-state index in [4.69, 9.17) is 0 Å². The molecule has 3 heteroatoms. The predicted molar refractivity (Wildman–Crippen MR) is 116 cm³/mol. The molecule has 0 aromatic rings. The van der Waals surface area contributed by atoms with Crippen molar-refractivity contribution in [2.24, 2.45) is 22.7 Å². The van der Waals surface area contributed by atoms with Gasteiger partial charge in [0.2, 0.25) is 0 Å². The lowest BCUT2D eigenvalue weighted by Gasteiger charge is -2.40. The monoisotopic (exact) mass is 368 g/mol. The van der Waals surface area contributed by atoms with Gasteiger partial charge in [0.15, 0.2) is 0 Å². The summed E-state index contributed by atoms with van der Waals surface area (Å²) >= 11 is 0. The third kappa shape index (κ3) is 9.50. The maximum absolute atomic E-state index is 11.9. The van der Waals surface area contributed by atoms with E-state index >= 15 is 0 Å². The average molecular weight is 369 g/mol. The maximum atomic E-state index is 11.9. The lowest BCUT2D eigenvalue weighted by atomic mass is 9.68. The molecule has 0 radical (unpaired) electrons.